The second kappa shape index (κ2) is 16.4. The summed E-state index contributed by atoms with van der Waals surface area (Å²) in [5, 5.41) is 20.7. The number of thiazole rings is 1. The van der Waals surface area contributed by atoms with Crippen molar-refractivity contribution in [1.29, 1.82) is 0 Å². The lowest BCUT2D eigenvalue weighted by atomic mass is 10.0. The lowest BCUT2D eigenvalue weighted by molar-refractivity contribution is -0.160. The van der Waals surface area contributed by atoms with Crippen LogP contribution in [0, 0.1) is 0 Å². The van der Waals surface area contributed by atoms with Crippen LogP contribution >= 0.6 is 34.9 Å². The van der Waals surface area contributed by atoms with Gasteiger partial charge in [-0.2, -0.15) is 9.61 Å². The van der Waals surface area contributed by atoms with Gasteiger partial charge in [0.1, 0.15) is 39.8 Å². The van der Waals surface area contributed by atoms with E-state index in [0.29, 0.717) is 27.8 Å². The first kappa shape index (κ1) is 37.7. The van der Waals surface area contributed by atoms with Crippen molar-refractivity contribution in [2.24, 2.45) is 5.16 Å². The number of nitrogens with one attached hydrogen (secondary N) is 1. The van der Waals surface area contributed by atoms with Crippen LogP contribution in [0.5, 0.6) is 0 Å². The maximum Gasteiger partial charge on any atom is 0.356 e. The summed E-state index contributed by atoms with van der Waals surface area (Å²) in [6.07, 6.45) is 0.743. The molecule has 1 N–H and O–H groups in total. The SMILES string of the molecule is CC(C)(C)OC(=O)CO/N=C(\C(=O)NC1C(=O)N2C(C(=O)OC(c3ccccc3)c3ccccc3)=C(CSc3ccc4nncn4n3)CS[C@H]12)c1cscn1. The van der Waals surface area contributed by atoms with E-state index in [2.05, 4.69) is 30.8 Å². The fourth-order valence-electron chi connectivity index (χ4n) is 5.74. The zero-order valence-electron chi connectivity index (χ0n) is 29.7. The molecule has 282 valence electrons. The van der Waals surface area contributed by atoms with Gasteiger partial charge in [-0.1, -0.05) is 65.8 Å². The number of nitrogens with zero attached hydrogens (tertiary/aromatic N) is 7. The van der Waals surface area contributed by atoms with Gasteiger partial charge in [0, 0.05) is 16.9 Å². The lowest BCUT2D eigenvalue weighted by Gasteiger charge is -2.49. The number of thioether (sulfide) groups is 2. The maximum atomic E-state index is 14.4. The molecular weight excluding hydrogens is 765 g/mol. The summed E-state index contributed by atoms with van der Waals surface area (Å²) in [6, 6.07) is 21.3. The average Bonchev–Trinajstić information content (AvgIpc) is 3.89. The molecule has 0 radical (unpaired) electrons. The Morgan fingerprint density at radius 3 is 2.44 bits per heavy atom. The van der Waals surface area contributed by atoms with Crippen LogP contribution in [-0.2, 0) is 33.5 Å². The topological polar surface area (TPSA) is 180 Å². The predicted molar refractivity (Wildman–Crippen MR) is 205 cm³/mol. The first-order chi connectivity index (χ1) is 26.6. The summed E-state index contributed by atoms with van der Waals surface area (Å²) < 4.78 is 13.1. The van der Waals surface area contributed by atoms with Gasteiger partial charge in [-0.3, -0.25) is 14.5 Å². The Morgan fingerprint density at radius 2 is 1.76 bits per heavy atom. The molecule has 3 aromatic heterocycles. The van der Waals surface area contributed by atoms with Gasteiger partial charge >= 0.3 is 11.9 Å². The van der Waals surface area contributed by atoms with Crippen LogP contribution in [0.1, 0.15) is 43.7 Å². The van der Waals surface area contributed by atoms with Gasteiger partial charge in [-0.25, -0.2) is 14.6 Å². The minimum atomic E-state index is -1.01. The van der Waals surface area contributed by atoms with E-state index >= 15 is 0 Å². The quantitative estimate of drug-likeness (QED) is 0.0582. The number of carbonyl (C=O) groups is 4. The van der Waals surface area contributed by atoms with E-state index in [1.165, 1.54) is 51.6 Å². The van der Waals surface area contributed by atoms with Crippen LogP contribution in [-0.4, -0.2) is 94.3 Å². The Labute approximate surface area is 327 Å². The zero-order valence-corrected chi connectivity index (χ0v) is 32.2. The van der Waals surface area contributed by atoms with Crippen molar-refractivity contribution in [1.82, 2.24) is 35.0 Å². The standard InChI is InChI=1S/C37H34N8O7S3/c1-37(2,3)52-28(46)16-50-43-29(25-19-53-21-38-25)33(47)40-30-34(48)45-31(36(49)51-32(22-10-6-4-7-11-22)23-12-8-5-9-13-23)24(18-55-35(30)45)17-54-27-15-14-26-41-39-20-44(26)42-27/h4-15,19-21,30,32,35H,16-18H2,1-3H3,(H,40,47)/b43-29-/t30?,35-/m1/s1. The van der Waals surface area contributed by atoms with Gasteiger partial charge in [0.2, 0.25) is 6.61 Å². The first-order valence-electron chi connectivity index (χ1n) is 16.9. The highest BCUT2D eigenvalue weighted by atomic mass is 32.2. The number of benzene rings is 2. The van der Waals surface area contributed by atoms with E-state index in [9.17, 15) is 19.2 Å². The molecule has 55 heavy (non-hydrogen) atoms. The van der Waals surface area contributed by atoms with Crippen molar-refractivity contribution in [3.05, 3.63) is 118 Å². The fraction of sp³-hybridized carbons (Fsp3) is 0.270. The average molecular weight is 799 g/mol. The second-order valence-corrected chi connectivity index (χ2v) is 16.0. The molecule has 5 heterocycles. The Bertz CT molecular complexity index is 2220. The van der Waals surface area contributed by atoms with Gasteiger partial charge in [0.15, 0.2) is 17.5 Å². The first-order valence-corrected chi connectivity index (χ1v) is 19.9. The zero-order chi connectivity index (χ0) is 38.5. The van der Waals surface area contributed by atoms with Crippen LogP contribution in [0.15, 0.2) is 111 Å². The number of esters is 2. The smallest absolute Gasteiger partial charge is 0.356 e. The van der Waals surface area contributed by atoms with Crippen LogP contribution < -0.4 is 5.32 Å². The van der Waals surface area contributed by atoms with E-state index in [-0.39, 0.29) is 17.1 Å². The highest BCUT2D eigenvalue weighted by Crippen LogP contribution is 2.43. The molecule has 2 atom stereocenters. The van der Waals surface area contributed by atoms with Crippen LogP contribution in [0.2, 0.25) is 0 Å². The van der Waals surface area contributed by atoms with Gasteiger partial charge in [-0.05, 0) is 49.6 Å². The molecule has 0 spiro atoms. The summed E-state index contributed by atoms with van der Waals surface area (Å²) in [5.41, 5.74) is 3.64. The van der Waals surface area contributed by atoms with E-state index in [4.69, 9.17) is 14.3 Å². The van der Waals surface area contributed by atoms with Crippen molar-refractivity contribution in [3.8, 4) is 0 Å². The molecule has 2 aliphatic heterocycles. The third-order valence-electron chi connectivity index (χ3n) is 8.14. The highest BCUT2D eigenvalue weighted by molar-refractivity contribution is 8.01. The lowest BCUT2D eigenvalue weighted by Crippen LogP contribution is -2.71. The number of ether oxygens (including phenoxy) is 2. The Hall–Kier alpha value is -5.59. The molecule has 1 unspecified atom stereocenters. The summed E-state index contributed by atoms with van der Waals surface area (Å²) in [6.45, 7) is 4.61. The van der Waals surface area contributed by atoms with E-state index in [1.807, 2.05) is 66.7 Å². The molecule has 2 amide bonds. The second-order valence-electron chi connectivity index (χ2n) is 13.2. The fourth-order valence-corrected chi connectivity index (χ4v) is 8.63. The van der Waals surface area contributed by atoms with E-state index < -0.39 is 53.5 Å². The van der Waals surface area contributed by atoms with Gasteiger partial charge < -0.3 is 19.6 Å². The molecule has 1 saturated heterocycles. The molecule has 0 aliphatic carbocycles. The molecular formula is C37H34N8O7S3. The largest absolute Gasteiger partial charge is 0.457 e. The molecule has 7 rings (SSSR count). The molecule has 5 aromatic rings. The normalized spacial score (nSPS) is 17.1. The molecule has 2 aliphatic rings. The number of rotatable bonds is 13. The molecule has 2 aromatic carbocycles. The Kier molecular flexibility index (Phi) is 11.3. The Balaban J connectivity index is 1.14. The molecule has 0 saturated carbocycles. The maximum absolute atomic E-state index is 14.4. The number of hydrogen-bond acceptors (Lipinski definition) is 15. The van der Waals surface area contributed by atoms with Crippen LogP contribution in [0.4, 0.5) is 0 Å². The van der Waals surface area contributed by atoms with Crippen LogP contribution in [0.3, 0.4) is 0 Å². The number of carbonyl (C=O) groups excluding carboxylic acids is 4. The van der Waals surface area contributed by atoms with Gasteiger partial charge in [-0.15, -0.1) is 45.1 Å². The number of hydrogen-bond donors (Lipinski definition) is 1. The van der Waals surface area contributed by atoms with Crippen molar-refractivity contribution in [2.45, 2.75) is 48.9 Å². The third-order valence-corrected chi connectivity index (χ3v) is 11.1. The molecule has 0 bridgehead atoms. The van der Waals surface area contributed by atoms with Crippen LogP contribution in [0.25, 0.3) is 5.65 Å². The predicted octanol–water partition coefficient (Wildman–Crippen LogP) is 4.42. The highest BCUT2D eigenvalue weighted by Gasteiger charge is 2.55. The molecule has 1 fully saturated rings. The number of amides is 2. The van der Waals surface area contributed by atoms with E-state index in [1.54, 1.807) is 36.7 Å². The minimum absolute atomic E-state index is 0.114. The van der Waals surface area contributed by atoms with Gasteiger partial charge in [0.05, 0.1) is 5.51 Å². The summed E-state index contributed by atoms with van der Waals surface area (Å²) in [5.74, 6) is -1.92. The van der Waals surface area contributed by atoms with Crippen molar-refractivity contribution < 1.29 is 33.5 Å². The number of fused-ring (bicyclic) bond motifs is 2. The van der Waals surface area contributed by atoms with Crippen molar-refractivity contribution in [2.75, 3.05) is 18.1 Å². The number of β-lactam (4-membered cyclic amide) rings is 1. The molecule has 18 heteroatoms. The van der Waals surface area contributed by atoms with Crippen molar-refractivity contribution in [3.63, 3.8) is 0 Å². The number of oxime groups is 1. The van der Waals surface area contributed by atoms with E-state index in [0.717, 1.165) is 11.1 Å². The van der Waals surface area contributed by atoms with Crippen molar-refractivity contribution >= 4 is 70.0 Å². The molecule has 15 nitrogen and oxygen atoms in total. The number of aromatic nitrogens is 5. The third kappa shape index (κ3) is 8.71. The monoisotopic (exact) mass is 798 g/mol. The summed E-state index contributed by atoms with van der Waals surface area (Å²) >= 11 is 4.02. The minimum Gasteiger partial charge on any atom is -0.457 e. The Morgan fingerprint density at radius 1 is 1.04 bits per heavy atom. The van der Waals surface area contributed by atoms with Gasteiger partial charge in [0.25, 0.3) is 11.8 Å². The summed E-state index contributed by atoms with van der Waals surface area (Å²) in [7, 11) is 0. The summed E-state index contributed by atoms with van der Waals surface area (Å²) in [4.78, 5) is 65.1.